The molecule has 0 radical (unpaired) electrons. The lowest BCUT2D eigenvalue weighted by Gasteiger charge is -2.32. The minimum absolute atomic E-state index is 0.0249. The van der Waals surface area contributed by atoms with Gasteiger partial charge in [0.05, 0.1) is 9.90 Å². The number of benzene rings is 1. The van der Waals surface area contributed by atoms with Crippen LogP contribution in [-0.4, -0.2) is 35.8 Å². The third-order valence-corrected chi connectivity index (χ3v) is 5.60. The number of hydrogen-bond acceptors (Lipinski definition) is 3. The molecule has 4 nitrogen and oxygen atoms in total. The van der Waals surface area contributed by atoms with Gasteiger partial charge in [-0.15, -0.1) is 11.3 Å². The van der Waals surface area contributed by atoms with Crippen molar-refractivity contribution in [3.63, 3.8) is 0 Å². The van der Waals surface area contributed by atoms with Gasteiger partial charge in [0.25, 0.3) is 11.8 Å². The minimum Gasteiger partial charge on any atom is -0.349 e. The van der Waals surface area contributed by atoms with Gasteiger partial charge >= 0.3 is 0 Å². The summed E-state index contributed by atoms with van der Waals surface area (Å²) in [6.07, 6.45) is 1.29. The van der Waals surface area contributed by atoms with Crippen LogP contribution >= 0.6 is 34.5 Å². The molecule has 1 aliphatic heterocycles. The molecule has 0 bridgehead atoms. The average Bonchev–Trinajstić information content (AvgIpc) is 2.94. The number of hydrogen-bond donors (Lipinski definition) is 1. The zero-order valence-electron chi connectivity index (χ0n) is 13.1. The quantitative estimate of drug-likeness (QED) is 0.837. The first kappa shape index (κ1) is 18.2. The second-order valence-corrected chi connectivity index (χ2v) is 8.07. The van der Waals surface area contributed by atoms with Crippen LogP contribution in [0.25, 0.3) is 0 Å². The molecule has 1 aromatic heterocycles. The van der Waals surface area contributed by atoms with E-state index in [1.165, 1.54) is 35.6 Å². The highest BCUT2D eigenvalue weighted by Gasteiger charge is 2.26. The number of piperidine rings is 1. The summed E-state index contributed by atoms with van der Waals surface area (Å²) in [7, 11) is 0. The minimum atomic E-state index is -0.379. The Kier molecular flexibility index (Phi) is 5.61. The first-order chi connectivity index (χ1) is 11.9. The predicted molar refractivity (Wildman–Crippen MR) is 97.1 cm³/mol. The summed E-state index contributed by atoms with van der Waals surface area (Å²) in [4.78, 5) is 26.4. The van der Waals surface area contributed by atoms with Crippen molar-refractivity contribution < 1.29 is 14.0 Å². The zero-order valence-corrected chi connectivity index (χ0v) is 15.4. The Bertz CT molecular complexity index is 786. The molecular weight excluding hydrogens is 386 g/mol. The van der Waals surface area contributed by atoms with Crippen LogP contribution in [0.1, 0.15) is 33.6 Å². The van der Waals surface area contributed by atoms with Gasteiger partial charge in [-0.05, 0) is 43.2 Å². The summed E-state index contributed by atoms with van der Waals surface area (Å²) in [6.45, 7) is 1.05. The molecule has 0 saturated carbocycles. The van der Waals surface area contributed by atoms with Gasteiger partial charge in [-0.1, -0.05) is 23.2 Å². The monoisotopic (exact) mass is 400 g/mol. The predicted octanol–water partition coefficient (Wildman–Crippen LogP) is 4.23. The molecule has 2 heterocycles. The molecule has 2 amide bonds. The fourth-order valence-electron chi connectivity index (χ4n) is 2.75. The lowest BCUT2D eigenvalue weighted by Crippen LogP contribution is -2.46. The standard InChI is InChI=1S/C17H15Cl2FN2O2S/c18-14-9-13(15(19)25-14)17(24)22-7-5-12(6-8-22)21-16(23)10-1-3-11(20)4-2-10/h1-4,9,12H,5-8H2,(H,21,23). The van der Waals surface area contributed by atoms with Crippen LogP contribution in [0.5, 0.6) is 0 Å². The van der Waals surface area contributed by atoms with E-state index >= 15 is 0 Å². The van der Waals surface area contributed by atoms with Crippen LogP contribution in [0.3, 0.4) is 0 Å². The Labute approximate surface area is 158 Å². The van der Waals surface area contributed by atoms with E-state index in [0.717, 1.165) is 0 Å². The van der Waals surface area contributed by atoms with Crippen LogP contribution in [0.4, 0.5) is 4.39 Å². The van der Waals surface area contributed by atoms with E-state index < -0.39 is 0 Å². The summed E-state index contributed by atoms with van der Waals surface area (Å²) in [6, 6.07) is 6.97. The summed E-state index contributed by atoms with van der Waals surface area (Å²) >= 11 is 13.1. The average molecular weight is 401 g/mol. The number of nitrogens with zero attached hydrogens (tertiary/aromatic N) is 1. The molecule has 1 saturated heterocycles. The van der Waals surface area contributed by atoms with Gasteiger partial charge in [-0.2, -0.15) is 0 Å². The van der Waals surface area contributed by atoms with Crippen LogP contribution < -0.4 is 5.32 Å². The second-order valence-electron chi connectivity index (χ2n) is 5.78. The van der Waals surface area contributed by atoms with Gasteiger partial charge in [0.1, 0.15) is 10.2 Å². The number of carbonyl (C=O) groups excluding carboxylic acids is 2. The summed E-state index contributed by atoms with van der Waals surface area (Å²) in [5, 5.41) is 2.92. The molecule has 3 rings (SSSR count). The van der Waals surface area contributed by atoms with Gasteiger partial charge in [0.15, 0.2) is 0 Å². The number of thiophene rings is 1. The first-order valence-electron chi connectivity index (χ1n) is 7.74. The van der Waals surface area contributed by atoms with Gasteiger partial charge in [-0.3, -0.25) is 9.59 Å². The lowest BCUT2D eigenvalue weighted by molar-refractivity contribution is 0.0699. The Morgan fingerprint density at radius 2 is 1.80 bits per heavy atom. The van der Waals surface area contributed by atoms with E-state index in [-0.39, 0.29) is 23.7 Å². The van der Waals surface area contributed by atoms with E-state index in [1.54, 1.807) is 11.0 Å². The van der Waals surface area contributed by atoms with Crippen molar-refractivity contribution in [1.82, 2.24) is 10.2 Å². The Morgan fingerprint density at radius 1 is 1.16 bits per heavy atom. The van der Waals surface area contributed by atoms with E-state index in [4.69, 9.17) is 23.2 Å². The molecule has 0 unspecified atom stereocenters. The van der Waals surface area contributed by atoms with Crippen molar-refractivity contribution in [3.8, 4) is 0 Å². The second kappa shape index (κ2) is 7.72. The van der Waals surface area contributed by atoms with Crippen LogP contribution in [-0.2, 0) is 0 Å². The van der Waals surface area contributed by atoms with Gasteiger partial charge in [0, 0.05) is 24.7 Å². The molecule has 132 valence electrons. The molecule has 0 atom stereocenters. The highest BCUT2D eigenvalue weighted by Crippen LogP contribution is 2.32. The number of carbonyl (C=O) groups is 2. The molecule has 0 aliphatic carbocycles. The first-order valence-corrected chi connectivity index (χ1v) is 9.32. The SMILES string of the molecule is O=C(NC1CCN(C(=O)c2cc(Cl)sc2Cl)CC1)c1ccc(F)cc1. The molecule has 8 heteroatoms. The topological polar surface area (TPSA) is 49.4 Å². The van der Waals surface area contributed by atoms with Crippen molar-refractivity contribution in [1.29, 1.82) is 0 Å². The maximum absolute atomic E-state index is 12.9. The van der Waals surface area contributed by atoms with Gasteiger partial charge in [-0.25, -0.2) is 4.39 Å². The number of halogens is 3. The van der Waals surface area contributed by atoms with E-state index in [2.05, 4.69) is 5.32 Å². The molecule has 1 aromatic carbocycles. The van der Waals surface area contributed by atoms with Crippen LogP contribution in [0.2, 0.25) is 8.67 Å². The number of nitrogens with one attached hydrogen (secondary N) is 1. The normalized spacial score (nSPS) is 15.2. The van der Waals surface area contributed by atoms with Crippen molar-refractivity contribution in [2.75, 3.05) is 13.1 Å². The van der Waals surface area contributed by atoms with Gasteiger partial charge < -0.3 is 10.2 Å². The lowest BCUT2D eigenvalue weighted by atomic mass is 10.0. The highest BCUT2D eigenvalue weighted by atomic mass is 35.5. The van der Waals surface area contributed by atoms with E-state index in [9.17, 15) is 14.0 Å². The molecule has 1 N–H and O–H groups in total. The van der Waals surface area contributed by atoms with Crippen molar-refractivity contribution >= 4 is 46.4 Å². The molecule has 1 aliphatic rings. The summed E-state index contributed by atoms with van der Waals surface area (Å²) in [5.74, 6) is -0.760. The van der Waals surface area contributed by atoms with E-state index in [1.807, 2.05) is 0 Å². The largest absolute Gasteiger partial charge is 0.349 e. The summed E-state index contributed by atoms with van der Waals surface area (Å²) < 4.78 is 13.8. The molecule has 2 aromatic rings. The maximum Gasteiger partial charge on any atom is 0.256 e. The third-order valence-electron chi connectivity index (χ3n) is 4.11. The molecule has 0 spiro atoms. The fourth-order valence-corrected chi connectivity index (χ4v) is 4.20. The van der Waals surface area contributed by atoms with Crippen molar-refractivity contribution in [3.05, 3.63) is 55.9 Å². The third kappa shape index (κ3) is 4.32. The Balaban J connectivity index is 1.55. The Morgan fingerprint density at radius 3 is 2.36 bits per heavy atom. The Hall–Kier alpha value is -1.63. The fraction of sp³-hybridized carbons (Fsp3) is 0.294. The molecular formula is C17H15Cl2FN2O2S. The highest BCUT2D eigenvalue weighted by molar-refractivity contribution is 7.20. The molecule has 25 heavy (non-hydrogen) atoms. The number of rotatable bonds is 3. The van der Waals surface area contributed by atoms with Crippen molar-refractivity contribution in [2.24, 2.45) is 0 Å². The molecule has 1 fully saturated rings. The zero-order chi connectivity index (χ0) is 18.0. The van der Waals surface area contributed by atoms with Gasteiger partial charge in [0.2, 0.25) is 0 Å². The number of amides is 2. The number of likely N-dealkylation sites (tertiary alicyclic amines) is 1. The smallest absolute Gasteiger partial charge is 0.256 e. The maximum atomic E-state index is 12.9. The van der Waals surface area contributed by atoms with E-state index in [0.29, 0.717) is 45.7 Å². The van der Waals surface area contributed by atoms with Crippen LogP contribution in [0, 0.1) is 5.82 Å². The summed E-state index contributed by atoms with van der Waals surface area (Å²) in [5.41, 5.74) is 0.838. The van der Waals surface area contributed by atoms with Crippen LogP contribution in [0.15, 0.2) is 30.3 Å². The van der Waals surface area contributed by atoms with Crippen molar-refractivity contribution in [2.45, 2.75) is 18.9 Å².